The summed E-state index contributed by atoms with van der Waals surface area (Å²) in [5, 5.41) is 3.09. The van der Waals surface area contributed by atoms with Crippen LogP contribution in [0.2, 0.25) is 10.0 Å². The first-order valence-corrected chi connectivity index (χ1v) is 8.46. The molecule has 1 amide bonds. The first-order valence-electron chi connectivity index (χ1n) is 7.70. The zero-order chi connectivity index (χ0) is 20.8. The molecular weight excluding hydrogens is 421 g/mol. The van der Waals surface area contributed by atoms with Crippen molar-refractivity contribution in [1.29, 1.82) is 0 Å². The molecule has 0 unspecified atom stereocenters. The van der Waals surface area contributed by atoms with Crippen molar-refractivity contribution in [2.75, 3.05) is 0 Å². The fraction of sp³-hybridized carbons (Fsp3) is 0.111. The van der Waals surface area contributed by atoms with Crippen LogP contribution < -0.4 is 5.73 Å². The summed E-state index contributed by atoms with van der Waals surface area (Å²) in [6.45, 7) is 0. The lowest BCUT2D eigenvalue weighted by atomic mass is 9.95. The highest BCUT2D eigenvalue weighted by atomic mass is 35.5. The van der Waals surface area contributed by atoms with E-state index in [-0.39, 0.29) is 26.9 Å². The van der Waals surface area contributed by atoms with E-state index in [1.54, 1.807) is 18.2 Å². The number of nitrogens with zero attached hydrogens (tertiary/aromatic N) is 2. The number of aryl methyl sites for hydroxylation is 1. The zero-order valence-electron chi connectivity index (χ0n) is 14.1. The lowest BCUT2D eigenvalue weighted by Crippen LogP contribution is -2.18. The Bertz CT molecular complexity index is 1070. The van der Waals surface area contributed by atoms with Gasteiger partial charge in [-0.25, -0.2) is 4.39 Å². The summed E-state index contributed by atoms with van der Waals surface area (Å²) in [5.74, 6) is -2.08. The summed E-state index contributed by atoms with van der Waals surface area (Å²) < 4.78 is 54.9. The molecule has 3 aromatic rings. The van der Waals surface area contributed by atoms with Gasteiger partial charge in [0, 0.05) is 12.6 Å². The Morgan fingerprint density at radius 2 is 1.75 bits per heavy atom. The molecule has 0 spiro atoms. The van der Waals surface area contributed by atoms with E-state index in [2.05, 4.69) is 5.10 Å². The highest BCUT2D eigenvalue weighted by Crippen LogP contribution is 2.40. The lowest BCUT2D eigenvalue weighted by molar-refractivity contribution is -0.141. The SMILES string of the molecule is Cn1nc(C(F)(F)F)c(C(N)=O)c1-c1ccccc1-c1cc(F)c(Cl)c(Cl)c1. The van der Waals surface area contributed by atoms with E-state index < -0.39 is 29.2 Å². The molecule has 0 saturated heterocycles. The highest BCUT2D eigenvalue weighted by molar-refractivity contribution is 6.42. The van der Waals surface area contributed by atoms with Crippen LogP contribution in [0.4, 0.5) is 17.6 Å². The quantitative estimate of drug-likeness (QED) is 0.450. The van der Waals surface area contributed by atoms with Crippen LogP contribution in [0.15, 0.2) is 36.4 Å². The highest BCUT2D eigenvalue weighted by Gasteiger charge is 2.41. The number of hydrogen-bond acceptors (Lipinski definition) is 2. The van der Waals surface area contributed by atoms with Gasteiger partial charge in [-0.1, -0.05) is 47.5 Å². The van der Waals surface area contributed by atoms with Gasteiger partial charge in [0.25, 0.3) is 5.91 Å². The van der Waals surface area contributed by atoms with Crippen molar-refractivity contribution in [3.8, 4) is 22.4 Å². The van der Waals surface area contributed by atoms with Crippen molar-refractivity contribution in [1.82, 2.24) is 9.78 Å². The number of rotatable bonds is 3. The fourth-order valence-electron chi connectivity index (χ4n) is 2.92. The number of carbonyl (C=O) groups is 1. The largest absolute Gasteiger partial charge is 0.435 e. The Morgan fingerprint density at radius 1 is 1.14 bits per heavy atom. The van der Waals surface area contributed by atoms with Gasteiger partial charge in [0.2, 0.25) is 0 Å². The van der Waals surface area contributed by atoms with Crippen LogP contribution in [-0.2, 0) is 13.2 Å². The number of aromatic nitrogens is 2. The fourth-order valence-corrected chi connectivity index (χ4v) is 3.23. The van der Waals surface area contributed by atoms with E-state index in [4.69, 9.17) is 28.9 Å². The standard InChI is InChI=1S/C18H11Cl2F4N3O/c1-27-15(13(17(25)28)16(26-27)18(22,23)24)10-5-3-2-4-9(10)8-6-11(19)14(20)12(21)7-8/h2-7H,1H3,(H2,25,28). The molecule has 2 N–H and O–H groups in total. The molecule has 0 radical (unpaired) electrons. The third-order valence-corrected chi connectivity index (χ3v) is 4.82. The molecule has 0 aliphatic heterocycles. The van der Waals surface area contributed by atoms with E-state index in [1.165, 1.54) is 19.2 Å². The van der Waals surface area contributed by atoms with Crippen LogP contribution in [0.5, 0.6) is 0 Å². The number of nitrogens with two attached hydrogens (primary N) is 1. The Morgan fingerprint density at radius 3 is 2.29 bits per heavy atom. The molecule has 2 aromatic carbocycles. The predicted octanol–water partition coefficient (Wildman–Crippen LogP) is 5.32. The van der Waals surface area contributed by atoms with Crippen LogP contribution in [-0.4, -0.2) is 15.7 Å². The number of alkyl halides is 3. The Labute approximate surface area is 166 Å². The smallest absolute Gasteiger partial charge is 0.365 e. The molecule has 1 heterocycles. The number of halogens is 6. The minimum Gasteiger partial charge on any atom is -0.365 e. The second-order valence-electron chi connectivity index (χ2n) is 5.86. The number of primary amides is 1. The van der Waals surface area contributed by atoms with Gasteiger partial charge >= 0.3 is 6.18 Å². The molecule has 0 fully saturated rings. The molecule has 0 atom stereocenters. The Balaban J connectivity index is 2.34. The molecule has 146 valence electrons. The third-order valence-electron chi connectivity index (χ3n) is 4.04. The van der Waals surface area contributed by atoms with Crippen LogP contribution in [0.3, 0.4) is 0 Å². The topological polar surface area (TPSA) is 60.9 Å². The predicted molar refractivity (Wildman–Crippen MR) is 97.6 cm³/mol. The Hall–Kier alpha value is -2.58. The molecule has 0 saturated carbocycles. The molecule has 0 aliphatic rings. The lowest BCUT2D eigenvalue weighted by Gasteiger charge is -2.13. The van der Waals surface area contributed by atoms with Crippen molar-refractivity contribution in [2.45, 2.75) is 6.18 Å². The van der Waals surface area contributed by atoms with Gasteiger partial charge in [0.1, 0.15) is 5.82 Å². The van der Waals surface area contributed by atoms with Gasteiger partial charge in [-0.15, -0.1) is 0 Å². The van der Waals surface area contributed by atoms with Gasteiger partial charge in [-0.05, 0) is 23.3 Å². The number of amides is 1. The first kappa shape index (κ1) is 20.2. The second kappa shape index (κ2) is 7.10. The summed E-state index contributed by atoms with van der Waals surface area (Å²) in [4.78, 5) is 11.8. The van der Waals surface area contributed by atoms with E-state index in [9.17, 15) is 22.4 Å². The average Bonchev–Trinajstić information content (AvgIpc) is 2.97. The molecule has 28 heavy (non-hydrogen) atoms. The maximum Gasteiger partial charge on any atom is 0.435 e. The van der Waals surface area contributed by atoms with Crippen molar-refractivity contribution in [2.24, 2.45) is 12.8 Å². The van der Waals surface area contributed by atoms with Gasteiger partial charge in [0.05, 0.1) is 21.3 Å². The van der Waals surface area contributed by atoms with Gasteiger partial charge in [-0.3, -0.25) is 9.48 Å². The molecule has 3 rings (SSSR count). The molecule has 0 aliphatic carbocycles. The third kappa shape index (κ3) is 3.45. The minimum atomic E-state index is -4.88. The van der Waals surface area contributed by atoms with Crippen molar-refractivity contribution < 1.29 is 22.4 Å². The number of benzene rings is 2. The maximum atomic E-state index is 14.1. The van der Waals surface area contributed by atoms with Crippen molar-refractivity contribution in [3.05, 3.63) is 63.5 Å². The van der Waals surface area contributed by atoms with E-state index in [1.807, 2.05) is 0 Å². The number of carbonyl (C=O) groups excluding carboxylic acids is 1. The Kier molecular flexibility index (Phi) is 5.12. The monoisotopic (exact) mass is 431 g/mol. The van der Waals surface area contributed by atoms with Crippen LogP contribution in [0.25, 0.3) is 22.4 Å². The normalized spacial score (nSPS) is 11.7. The van der Waals surface area contributed by atoms with E-state index in [0.717, 1.165) is 10.7 Å². The summed E-state index contributed by atoms with van der Waals surface area (Å²) in [6.07, 6.45) is -4.88. The first-order chi connectivity index (χ1) is 13.0. The average molecular weight is 432 g/mol. The molecule has 4 nitrogen and oxygen atoms in total. The zero-order valence-corrected chi connectivity index (χ0v) is 15.6. The number of hydrogen-bond donors (Lipinski definition) is 1. The second-order valence-corrected chi connectivity index (χ2v) is 6.64. The summed E-state index contributed by atoms with van der Waals surface area (Å²) in [6, 6.07) is 8.63. The molecule has 1 aromatic heterocycles. The minimum absolute atomic E-state index is 0.0671. The molecule has 10 heteroatoms. The summed E-state index contributed by atoms with van der Waals surface area (Å²) in [5.41, 5.74) is 3.68. The molecular formula is C18H11Cl2F4N3O. The van der Waals surface area contributed by atoms with Crippen LogP contribution in [0, 0.1) is 5.82 Å². The van der Waals surface area contributed by atoms with Gasteiger partial charge in [0.15, 0.2) is 5.69 Å². The van der Waals surface area contributed by atoms with Crippen LogP contribution in [0.1, 0.15) is 16.1 Å². The van der Waals surface area contributed by atoms with Crippen molar-refractivity contribution >= 4 is 29.1 Å². The summed E-state index contributed by atoms with van der Waals surface area (Å²) in [7, 11) is 1.25. The van der Waals surface area contributed by atoms with Gasteiger partial charge < -0.3 is 5.73 Å². The van der Waals surface area contributed by atoms with E-state index >= 15 is 0 Å². The molecule has 0 bridgehead atoms. The van der Waals surface area contributed by atoms with Crippen molar-refractivity contribution in [3.63, 3.8) is 0 Å². The maximum absolute atomic E-state index is 14.1. The van der Waals surface area contributed by atoms with E-state index in [0.29, 0.717) is 5.56 Å². The summed E-state index contributed by atoms with van der Waals surface area (Å²) >= 11 is 11.7. The van der Waals surface area contributed by atoms with Crippen LogP contribution >= 0.6 is 23.2 Å². The van der Waals surface area contributed by atoms with Gasteiger partial charge in [-0.2, -0.15) is 18.3 Å².